The lowest BCUT2D eigenvalue weighted by atomic mass is 9.92. The summed E-state index contributed by atoms with van der Waals surface area (Å²) < 4.78 is 27.4. The average Bonchev–Trinajstić information content (AvgIpc) is 3.27. The molecule has 2 N–H and O–H groups in total. The number of esters is 2. The molecule has 0 aliphatic carbocycles. The summed E-state index contributed by atoms with van der Waals surface area (Å²) in [7, 11) is 1.12. The van der Waals surface area contributed by atoms with E-state index >= 15 is 0 Å². The summed E-state index contributed by atoms with van der Waals surface area (Å²) in [5.74, 6) is -1.46. The number of nitrogens with two attached hydrogens (primary N) is 1. The number of nitrogen functional groups attached to an aromatic ring is 1. The van der Waals surface area contributed by atoms with Crippen LogP contribution in [0.3, 0.4) is 0 Å². The SMILES string of the molecule is COC(=O)OC[C@H]1O[C@@](C#N)(c2ccc3c(N)ccnn23)[C@H](OC(C)=O)[C@@H]1OC(C)=O. The predicted octanol–water partition coefficient (Wildman–Crippen LogP) is 0.681. The van der Waals surface area contributed by atoms with Gasteiger partial charge in [0.25, 0.3) is 0 Å². The topological polar surface area (TPSA) is 164 Å². The van der Waals surface area contributed by atoms with Crippen LogP contribution >= 0.6 is 0 Å². The smallest absolute Gasteiger partial charge is 0.455 e. The van der Waals surface area contributed by atoms with Crippen LogP contribution in [0, 0.1) is 11.3 Å². The molecule has 2 aromatic heterocycles. The second-order valence-corrected chi connectivity index (χ2v) is 6.68. The molecule has 12 nitrogen and oxygen atoms in total. The van der Waals surface area contributed by atoms with Crippen molar-refractivity contribution in [1.82, 2.24) is 9.61 Å². The first kappa shape index (κ1) is 21.8. The van der Waals surface area contributed by atoms with Gasteiger partial charge in [0.05, 0.1) is 24.0 Å². The van der Waals surface area contributed by atoms with E-state index in [-0.39, 0.29) is 5.69 Å². The van der Waals surface area contributed by atoms with Crippen LogP contribution < -0.4 is 5.73 Å². The fourth-order valence-corrected chi connectivity index (χ4v) is 3.47. The summed E-state index contributed by atoms with van der Waals surface area (Å²) in [4.78, 5) is 35.1. The van der Waals surface area contributed by atoms with Gasteiger partial charge >= 0.3 is 18.1 Å². The molecule has 0 spiro atoms. The summed E-state index contributed by atoms with van der Waals surface area (Å²) in [6.07, 6.45) is -3.40. The summed E-state index contributed by atoms with van der Waals surface area (Å²) in [6.45, 7) is 1.84. The number of nitrogens with zero attached hydrogens (tertiary/aromatic N) is 3. The van der Waals surface area contributed by atoms with E-state index in [0.717, 1.165) is 21.0 Å². The number of carbonyl (C=O) groups excluding carboxylic acids is 3. The molecule has 1 aliphatic rings. The predicted molar refractivity (Wildman–Crippen MR) is 101 cm³/mol. The van der Waals surface area contributed by atoms with Crippen LogP contribution in [0.25, 0.3) is 5.52 Å². The van der Waals surface area contributed by atoms with Crippen LogP contribution in [0.2, 0.25) is 0 Å². The maximum absolute atomic E-state index is 11.9. The van der Waals surface area contributed by atoms with E-state index < -0.39 is 48.6 Å². The highest BCUT2D eigenvalue weighted by molar-refractivity contribution is 5.70. The Morgan fingerprint density at radius 1 is 1.26 bits per heavy atom. The van der Waals surface area contributed by atoms with Crippen molar-refractivity contribution in [3.63, 3.8) is 0 Å². The molecule has 0 aromatic carbocycles. The Hall–Kier alpha value is -3.85. The van der Waals surface area contributed by atoms with Gasteiger partial charge in [-0.15, -0.1) is 0 Å². The van der Waals surface area contributed by atoms with E-state index in [4.69, 9.17) is 24.7 Å². The monoisotopic (exact) mass is 432 g/mol. The summed E-state index contributed by atoms with van der Waals surface area (Å²) in [5, 5.41) is 14.4. The van der Waals surface area contributed by atoms with Crippen molar-refractivity contribution in [2.75, 3.05) is 19.5 Å². The zero-order chi connectivity index (χ0) is 22.8. The zero-order valence-electron chi connectivity index (χ0n) is 16.9. The molecule has 3 heterocycles. The summed E-state index contributed by atoms with van der Waals surface area (Å²) in [5.41, 5.74) is 5.07. The maximum Gasteiger partial charge on any atom is 0.508 e. The fraction of sp³-hybridized carbons (Fsp3) is 0.421. The zero-order valence-corrected chi connectivity index (χ0v) is 16.9. The summed E-state index contributed by atoms with van der Waals surface area (Å²) >= 11 is 0. The Morgan fingerprint density at radius 2 is 1.97 bits per heavy atom. The molecule has 3 rings (SSSR count). The van der Waals surface area contributed by atoms with Crippen molar-refractivity contribution >= 4 is 29.3 Å². The largest absolute Gasteiger partial charge is 0.508 e. The number of anilines is 1. The number of fused-ring (bicyclic) bond motifs is 1. The lowest BCUT2D eigenvalue weighted by molar-refractivity contribution is -0.166. The van der Waals surface area contributed by atoms with Crippen LogP contribution in [0.4, 0.5) is 10.5 Å². The number of hydrogen-bond acceptors (Lipinski definition) is 11. The van der Waals surface area contributed by atoms with E-state index in [9.17, 15) is 19.6 Å². The molecule has 4 atom stereocenters. The third kappa shape index (κ3) is 3.95. The third-order valence-electron chi connectivity index (χ3n) is 4.66. The second kappa shape index (κ2) is 8.49. The lowest BCUT2D eigenvalue weighted by Gasteiger charge is -2.28. The van der Waals surface area contributed by atoms with Crippen LogP contribution in [0.15, 0.2) is 24.4 Å². The van der Waals surface area contributed by atoms with Gasteiger partial charge in [-0.25, -0.2) is 9.31 Å². The number of rotatable bonds is 5. The van der Waals surface area contributed by atoms with Gasteiger partial charge in [-0.2, -0.15) is 10.4 Å². The molecule has 0 radical (unpaired) electrons. The van der Waals surface area contributed by atoms with Crippen LogP contribution in [-0.4, -0.2) is 59.7 Å². The van der Waals surface area contributed by atoms with E-state index in [1.165, 1.54) is 16.8 Å². The Morgan fingerprint density at radius 3 is 2.58 bits per heavy atom. The molecule has 1 fully saturated rings. The third-order valence-corrected chi connectivity index (χ3v) is 4.66. The van der Waals surface area contributed by atoms with Gasteiger partial charge in [-0.1, -0.05) is 0 Å². The van der Waals surface area contributed by atoms with Gasteiger partial charge in [0.1, 0.15) is 18.8 Å². The number of carbonyl (C=O) groups is 3. The van der Waals surface area contributed by atoms with E-state index in [1.54, 1.807) is 12.1 Å². The minimum Gasteiger partial charge on any atom is -0.455 e. The molecule has 31 heavy (non-hydrogen) atoms. The van der Waals surface area contributed by atoms with Gasteiger partial charge in [-0.05, 0) is 18.2 Å². The van der Waals surface area contributed by atoms with Crippen LogP contribution in [0.5, 0.6) is 0 Å². The average molecular weight is 432 g/mol. The molecule has 12 heteroatoms. The second-order valence-electron chi connectivity index (χ2n) is 6.68. The lowest BCUT2D eigenvalue weighted by Crippen LogP contribution is -2.45. The highest BCUT2D eigenvalue weighted by Crippen LogP contribution is 2.43. The Balaban J connectivity index is 2.14. The van der Waals surface area contributed by atoms with E-state index in [0.29, 0.717) is 11.2 Å². The molecular weight excluding hydrogens is 412 g/mol. The van der Waals surface area contributed by atoms with Crippen LogP contribution in [-0.2, 0) is 38.9 Å². The highest BCUT2D eigenvalue weighted by atomic mass is 16.7. The van der Waals surface area contributed by atoms with Gasteiger partial charge < -0.3 is 29.4 Å². The molecule has 164 valence electrons. The quantitative estimate of drug-likeness (QED) is 0.521. The maximum atomic E-state index is 11.9. The molecule has 0 bridgehead atoms. The van der Waals surface area contributed by atoms with Gasteiger partial charge in [0.2, 0.25) is 5.60 Å². The van der Waals surface area contributed by atoms with Crippen molar-refractivity contribution in [2.45, 2.75) is 37.8 Å². The van der Waals surface area contributed by atoms with Crippen molar-refractivity contribution in [1.29, 1.82) is 5.26 Å². The minimum absolute atomic E-state index is 0.182. The Bertz CT molecular complexity index is 1060. The van der Waals surface area contributed by atoms with Crippen LogP contribution in [0.1, 0.15) is 19.5 Å². The first-order valence-electron chi connectivity index (χ1n) is 9.10. The molecular formula is C19H20N4O8. The Kier molecular flexibility index (Phi) is 5.98. The van der Waals surface area contributed by atoms with Crippen molar-refractivity contribution < 1.29 is 38.1 Å². The van der Waals surface area contributed by atoms with E-state index in [1.807, 2.05) is 6.07 Å². The number of hydrogen-bond donors (Lipinski definition) is 1. The molecule has 0 amide bonds. The Labute approximate surface area is 176 Å². The van der Waals surface area contributed by atoms with E-state index in [2.05, 4.69) is 9.84 Å². The number of methoxy groups -OCH3 is 1. The first-order valence-corrected chi connectivity index (χ1v) is 9.10. The first-order chi connectivity index (χ1) is 14.7. The number of ether oxygens (including phenoxy) is 5. The molecule has 2 aromatic rings. The van der Waals surface area contributed by atoms with Crippen molar-refractivity contribution in [3.05, 3.63) is 30.1 Å². The normalized spacial score (nSPS) is 24.9. The highest BCUT2D eigenvalue weighted by Gasteiger charge is 2.62. The van der Waals surface area contributed by atoms with Gasteiger partial charge in [0.15, 0.2) is 12.2 Å². The molecule has 1 saturated heterocycles. The molecule has 0 unspecified atom stereocenters. The van der Waals surface area contributed by atoms with Gasteiger partial charge in [0, 0.05) is 20.0 Å². The van der Waals surface area contributed by atoms with Crippen molar-refractivity contribution in [3.8, 4) is 6.07 Å². The standard InChI is InChI=1S/C19H20N4O8/c1-10(24)29-16-14(8-28-18(26)27-3)31-19(9-20,17(16)30-11(2)25)15-5-4-13-12(21)6-7-22-23(13)15/h4-7,14,16-17H,8,21H2,1-3H3/t14-,16-,17-,19+/m1/s1. The number of aromatic nitrogens is 2. The van der Waals surface area contributed by atoms with Crippen molar-refractivity contribution in [2.24, 2.45) is 0 Å². The molecule has 1 aliphatic heterocycles. The molecule has 0 saturated carbocycles. The number of nitriles is 1. The summed E-state index contributed by atoms with van der Waals surface area (Å²) in [6, 6.07) is 6.74. The van der Waals surface area contributed by atoms with Gasteiger partial charge in [-0.3, -0.25) is 9.59 Å². The fourth-order valence-electron chi connectivity index (χ4n) is 3.47. The minimum atomic E-state index is -1.96.